The highest BCUT2D eigenvalue weighted by Gasteiger charge is 2.35. The zero-order valence-electron chi connectivity index (χ0n) is 18.7. The minimum absolute atomic E-state index is 0.0497. The van der Waals surface area contributed by atoms with Crippen LogP contribution < -0.4 is 3.71 Å². The van der Waals surface area contributed by atoms with E-state index in [-0.39, 0.29) is 10.1 Å². The minimum atomic E-state index is -4.84. The van der Waals surface area contributed by atoms with E-state index in [9.17, 15) is 30.0 Å². The van der Waals surface area contributed by atoms with Crippen LogP contribution in [0.5, 0.6) is 0 Å². The largest absolute Gasteiger partial charge is 0.416 e. The van der Waals surface area contributed by atoms with Gasteiger partial charge in [0.1, 0.15) is 0 Å². The van der Waals surface area contributed by atoms with Crippen molar-refractivity contribution in [2.45, 2.75) is 24.4 Å². The number of hydrogen-bond acceptors (Lipinski definition) is 4. The number of hydrogen-bond donors (Lipinski definition) is 0. The van der Waals surface area contributed by atoms with Crippen molar-refractivity contribution < 1.29 is 30.0 Å². The predicted molar refractivity (Wildman–Crippen MR) is 137 cm³/mol. The van der Waals surface area contributed by atoms with Crippen LogP contribution in [0.2, 0.25) is 5.02 Å². The molecule has 3 rings (SSSR count). The summed E-state index contributed by atoms with van der Waals surface area (Å²) < 4.78 is 92.8. The Labute approximate surface area is 217 Å². The van der Waals surface area contributed by atoms with Crippen LogP contribution in [0.4, 0.5) is 18.9 Å². The van der Waals surface area contributed by atoms with Gasteiger partial charge in [0.2, 0.25) is 0 Å². The molecule has 2 aromatic rings. The fraction of sp³-hybridized carbons (Fsp3) is 0.167. The Balaban J connectivity index is 2.10. The van der Waals surface area contributed by atoms with Gasteiger partial charge >= 0.3 is 6.18 Å². The first-order chi connectivity index (χ1) is 16.6. The van der Waals surface area contributed by atoms with E-state index >= 15 is 0 Å². The molecule has 1 aliphatic rings. The molecule has 0 saturated heterocycles. The zero-order valence-corrected chi connectivity index (χ0v) is 21.8. The van der Waals surface area contributed by atoms with Gasteiger partial charge in [-0.1, -0.05) is 48.0 Å². The summed E-state index contributed by atoms with van der Waals surface area (Å²) in [5.74, 6) is 0. The van der Waals surface area contributed by atoms with Crippen LogP contribution in [0.3, 0.4) is 0 Å². The van der Waals surface area contributed by atoms with Crippen molar-refractivity contribution in [1.82, 2.24) is 0 Å². The van der Waals surface area contributed by atoms with E-state index in [1.54, 1.807) is 37.3 Å². The quantitative estimate of drug-likeness (QED) is 0.336. The molecule has 0 amide bonds. The average molecular weight is 578 g/mol. The highest BCUT2D eigenvalue weighted by molar-refractivity contribution is 8.12. The lowest BCUT2D eigenvalue weighted by atomic mass is 9.95. The lowest BCUT2D eigenvalue weighted by Gasteiger charge is -2.23. The Morgan fingerprint density at radius 3 is 2.22 bits per heavy atom. The Morgan fingerprint density at radius 1 is 0.972 bits per heavy atom. The third-order valence-electron chi connectivity index (χ3n) is 4.89. The van der Waals surface area contributed by atoms with Crippen LogP contribution >= 0.6 is 23.2 Å². The van der Waals surface area contributed by atoms with E-state index in [1.165, 1.54) is 12.1 Å². The van der Waals surface area contributed by atoms with Gasteiger partial charge in [0, 0.05) is 5.02 Å². The van der Waals surface area contributed by atoms with E-state index in [0.29, 0.717) is 39.1 Å². The van der Waals surface area contributed by atoms with Crippen molar-refractivity contribution in [3.63, 3.8) is 0 Å². The van der Waals surface area contributed by atoms with Crippen LogP contribution in [0, 0.1) is 0 Å². The average Bonchev–Trinajstić information content (AvgIpc) is 2.75. The van der Waals surface area contributed by atoms with Gasteiger partial charge in [-0.3, -0.25) is 0 Å². The first kappa shape index (κ1) is 28.0. The second-order valence-corrected chi connectivity index (χ2v) is 12.9. The smallest absolute Gasteiger partial charge is 0.201 e. The van der Waals surface area contributed by atoms with Gasteiger partial charge < -0.3 is 0 Å². The van der Waals surface area contributed by atoms with Crippen molar-refractivity contribution in [2.75, 3.05) is 3.71 Å². The summed E-state index contributed by atoms with van der Waals surface area (Å²) in [6.07, 6.45) is 2.61. The first-order valence-electron chi connectivity index (χ1n) is 10.3. The van der Waals surface area contributed by atoms with Crippen molar-refractivity contribution >= 4 is 55.0 Å². The van der Waals surface area contributed by atoms with E-state index in [1.807, 2.05) is 0 Å². The maximum atomic E-state index is 13.3. The molecule has 36 heavy (non-hydrogen) atoms. The Hall–Kier alpha value is -2.53. The van der Waals surface area contributed by atoms with Gasteiger partial charge in [0.05, 0.1) is 26.9 Å². The summed E-state index contributed by atoms with van der Waals surface area (Å²) >= 11 is 12.2. The van der Waals surface area contributed by atoms with Crippen LogP contribution in [0.1, 0.15) is 24.5 Å². The molecule has 0 fully saturated rings. The fourth-order valence-electron chi connectivity index (χ4n) is 3.30. The topological polar surface area (TPSA) is 71.5 Å². The molecule has 0 N–H and O–H groups in total. The molecule has 12 heteroatoms. The van der Waals surface area contributed by atoms with Crippen molar-refractivity contribution in [3.05, 3.63) is 105 Å². The van der Waals surface area contributed by atoms with Crippen molar-refractivity contribution in [3.8, 4) is 0 Å². The maximum Gasteiger partial charge on any atom is 0.416 e. The molecule has 0 saturated carbocycles. The minimum Gasteiger partial charge on any atom is -0.201 e. The zero-order chi connectivity index (χ0) is 26.8. The SMILES string of the molecule is CC1(Cl)C=CC=C(/C=C/S(=O)(=O)N(c2cccc(C(F)(F)F)c2)S(=O)(=O)/C=C/c2cccc(Cl)c2)C1. The van der Waals surface area contributed by atoms with Crippen LogP contribution in [-0.4, -0.2) is 21.7 Å². The molecule has 5 nitrogen and oxygen atoms in total. The van der Waals surface area contributed by atoms with Gasteiger partial charge in [-0.2, -0.15) is 16.9 Å². The number of sulfonamides is 2. The molecule has 0 radical (unpaired) electrons. The lowest BCUT2D eigenvalue weighted by Crippen LogP contribution is -2.34. The van der Waals surface area contributed by atoms with Gasteiger partial charge in [-0.15, -0.1) is 11.6 Å². The molecule has 2 aromatic carbocycles. The summed E-state index contributed by atoms with van der Waals surface area (Å²) in [4.78, 5) is -0.773. The summed E-state index contributed by atoms with van der Waals surface area (Å²) in [6, 6.07) is 9.11. The van der Waals surface area contributed by atoms with Gasteiger partial charge in [-0.05, 0) is 67.0 Å². The van der Waals surface area contributed by atoms with Crippen molar-refractivity contribution in [2.24, 2.45) is 0 Å². The Morgan fingerprint density at radius 2 is 1.61 bits per heavy atom. The molecule has 0 heterocycles. The standard InChI is InChI=1S/C24H20Cl2F3NO4S2/c1-23(26)12-4-6-19(17-23)11-14-36(33,34)30(22-9-3-7-20(16-22)24(27,28)29)35(31,32)13-10-18-5-2-8-21(25)15-18/h2-16H,17H2,1H3/b13-10+,14-11+. The van der Waals surface area contributed by atoms with Gasteiger partial charge in [-0.25, -0.2) is 16.8 Å². The molecule has 0 aliphatic heterocycles. The number of halogens is 5. The summed E-state index contributed by atoms with van der Waals surface area (Å²) in [5, 5.41) is 1.51. The van der Waals surface area contributed by atoms with Crippen LogP contribution in [-0.2, 0) is 26.2 Å². The molecule has 0 spiro atoms. The Bertz CT molecular complexity index is 1480. The number of anilines is 1. The number of alkyl halides is 4. The van der Waals surface area contributed by atoms with E-state index < -0.39 is 42.3 Å². The second-order valence-electron chi connectivity index (χ2n) is 8.05. The monoisotopic (exact) mass is 577 g/mol. The van der Waals surface area contributed by atoms with Gasteiger partial charge in [0.15, 0.2) is 0 Å². The van der Waals surface area contributed by atoms with E-state index in [0.717, 1.165) is 24.3 Å². The predicted octanol–water partition coefficient (Wildman–Crippen LogP) is 6.89. The fourth-order valence-corrected chi connectivity index (χ4v) is 6.89. The van der Waals surface area contributed by atoms with Crippen molar-refractivity contribution in [1.29, 1.82) is 0 Å². The third-order valence-corrected chi connectivity index (χ3v) is 8.93. The summed E-state index contributed by atoms with van der Waals surface area (Å²) in [6.45, 7) is 1.71. The molecule has 0 aromatic heterocycles. The first-order valence-corrected chi connectivity index (χ1v) is 14.0. The lowest BCUT2D eigenvalue weighted by molar-refractivity contribution is -0.137. The number of rotatable bonds is 7. The third kappa shape index (κ3) is 7.25. The van der Waals surface area contributed by atoms with Gasteiger partial charge in [0.25, 0.3) is 20.0 Å². The highest BCUT2D eigenvalue weighted by atomic mass is 35.5. The molecule has 1 atom stereocenters. The van der Waals surface area contributed by atoms with Crippen LogP contribution in [0.25, 0.3) is 6.08 Å². The summed E-state index contributed by atoms with van der Waals surface area (Å²) in [5.41, 5.74) is -1.10. The molecular weight excluding hydrogens is 558 g/mol. The molecule has 0 bridgehead atoms. The number of allylic oxidation sites excluding steroid dienone is 5. The van der Waals surface area contributed by atoms with E-state index in [2.05, 4.69) is 0 Å². The molecule has 1 aliphatic carbocycles. The molecule has 192 valence electrons. The Kier molecular flexibility index (Phi) is 8.14. The number of nitrogens with zero attached hydrogens (tertiary/aromatic N) is 1. The molecule has 1 unspecified atom stereocenters. The maximum absolute atomic E-state index is 13.3. The van der Waals surface area contributed by atoms with E-state index in [4.69, 9.17) is 23.2 Å². The molecular formula is C24H20Cl2F3NO4S2. The van der Waals surface area contributed by atoms with Crippen LogP contribution in [0.15, 0.2) is 89.2 Å². The summed E-state index contributed by atoms with van der Waals surface area (Å²) in [7, 11) is -9.67. The normalized spacial score (nSPS) is 19.1. The number of benzene rings is 2. The second kappa shape index (κ2) is 10.5. The highest BCUT2D eigenvalue weighted by Crippen LogP contribution is 2.34.